The third-order valence-corrected chi connectivity index (χ3v) is 5.12. The van der Waals surface area contributed by atoms with E-state index in [2.05, 4.69) is 20.6 Å². The maximum Gasteiger partial charge on any atom is 0.269 e. The molecule has 2 aromatic carbocycles. The zero-order chi connectivity index (χ0) is 24.1. The zero-order valence-corrected chi connectivity index (χ0v) is 18.5. The maximum absolute atomic E-state index is 13.2. The van der Waals surface area contributed by atoms with Crippen LogP contribution in [0.15, 0.2) is 65.5 Å². The van der Waals surface area contributed by atoms with Gasteiger partial charge in [0, 0.05) is 23.7 Å². The molecular weight excluding hydrogens is 441 g/mol. The number of amides is 1. The molecule has 0 saturated carbocycles. The average molecular weight is 463 g/mol. The molecule has 2 aromatic heterocycles. The molecule has 174 valence electrons. The van der Waals surface area contributed by atoms with E-state index in [0.29, 0.717) is 34.0 Å². The zero-order valence-electron chi connectivity index (χ0n) is 18.5. The summed E-state index contributed by atoms with van der Waals surface area (Å²) < 4.78 is 25.0. The summed E-state index contributed by atoms with van der Waals surface area (Å²) in [4.78, 5) is 24.7. The van der Waals surface area contributed by atoms with E-state index in [1.54, 1.807) is 56.7 Å². The molecule has 4 aromatic rings. The van der Waals surface area contributed by atoms with Gasteiger partial charge in [-0.3, -0.25) is 14.7 Å². The fourth-order valence-corrected chi connectivity index (χ4v) is 3.34. The quantitative estimate of drug-likeness (QED) is 0.416. The Morgan fingerprint density at radius 2 is 1.82 bits per heavy atom. The van der Waals surface area contributed by atoms with E-state index in [-0.39, 0.29) is 36.1 Å². The molecule has 0 bridgehead atoms. The van der Waals surface area contributed by atoms with Crippen LogP contribution in [0.1, 0.15) is 10.5 Å². The van der Waals surface area contributed by atoms with Gasteiger partial charge >= 0.3 is 0 Å². The van der Waals surface area contributed by atoms with Crippen LogP contribution in [0, 0.1) is 5.82 Å². The smallest absolute Gasteiger partial charge is 0.269 e. The average Bonchev–Trinajstić information content (AvgIpc) is 3.35. The van der Waals surface area contributed by atoms with Gasteiger partial charge in [-0.05, 0) is 54.6 Å². The van der Waals surface area contributed by atoms with Crippen molar-refractivity contribution in [2.45, 2.75) is 6.54 Å². The second kappa shape index (κ2) is 9.99. The number of hydrogen-bond acceptors (Lipinski definition) is 6. The van der Waals surface area contributed by atoms with Gasteiger partial charge in [0.1, 0.15) is 23.0 Å². The van der Waals surface area contributed by atoms with Crippen molar-refractivity contribution < 1.29 is 18.7 Å². The minimum Gasteiger partial charge on any atom is -0.497 e. The number of methoxy groups -OCH3 is 2. The summed E-state index contributed by atoms with van der Waals surface area (Å²) in [5, 5.41) is 14.0. The molecular formula is C24H22FN5O4. The first kappa shape index (κ1) is 22.7. The van der Waals surface area contributed by atoms with Crippen molar-refractivity contribution in [2.75, 3.05) is 20.8 Å². The number of nitrogens with one attached hydrogen (secondary N) is 2. The number of aromatic nitrogens is 4. The highest BCUT2D eigenvalue weighted by Crippen LogP contribution is 2.32. The maximum atomic E-state index is 13.2. The molecule has 9 nitrogen and oxygen atoms in total. The number of H-pyrrole nitrogens is 1. The van der Waals surface area contributed by atoms with Crippen molar-refractivity contribution >= 4 is 5.91 Å². The molecule has 0 aliphatic rings. The van der Waals surface area contributed by atoms with Gasteiger partial charge in [-0.15, -0.1) is 0 Å². The molecule has 0 aliphatic carbocycles. The van der Waals surface area contributed by atoms with Crippen molar-refractivity contribution in [3.63, 3.8) is 0 Å². The molecule has 0 fully saturated rings. The van der Waals surface area contributed by atoms with Crippen LogP contribution in [0.5, 0.6) is 11.5 Å². The molecule has 2 heterocycles. The number of carbonyl (C=O) groups is 1. The number of nitrogens with zero attached hydrogens (tertiary/aromatic N) is 3. The first-order valence-corrected chi connectivity index (χ1v) is 10.4. The normalized spacial score (nSPS) is 10.7. The van der Waals surface area contributed by atoms with Crippen molar-refractivity contribution in [1.82, 2.24) is 25.3 Å². The monoisotopic (exact) mass is 463 g/mol. The van der Waals surface area contributed by atoms with Crippen LogP contribution >= 0.6 is 0 Å². The second-order valence-corrected chi connectivity index (χ2v) is 7.28. The molecule has 4 rings (SSSR count). The molecule has 0 radical (unpaired) electrons. The standard InChI is InChI=1S/C24H22FN5O4/c1-33-17-7-9-22(34-2)18(13-17)20-14-21(28-27-20)24(32)26-11-12-30-23(31)10-8-19(29-30)15-3-5-16(25)6-4-15/h3-10,13-14H,11-12H2,1-2H3,(H,26,32)(H,27,28). The van der Waals surface area contributed by atoms with Crippen LogP contribution in [0.3, 0.4) is 0 Å². The van der Waals surface area contributed by atoms with Crippen LogP contribution < -0.4 is 20.3 Å². The number of aromatic amines is 1. The van der Waals surface area contributed by atoms with Gasteiger partial charge in [0.2, 0.25) is 0 Å². The lowest BCUT2D eigenvalue weighted by atomic mass is 10.1. The van der Waals surface area contributed by atoms with Crippen LogP contribution in [0.2, 0.25) is 0 Å². The molecule has 34 heavy (non-hydrogen) atoms. The van der Waals surface area contributed by atoms with Gasteiger partial charge < -0.3 is 14.8 Å². The molecule has 0 saturated heterocycles. The van der Waals surface area contributed by atoms with E-state index in [9.17, 15) is 14.0 Å². The summed E-state index contributed by atoms with van der Waals surface area (Å²) in [5.74, 6) is 0.478. The molecule has 0 unspecified atom stereocenters. The largest absolute Gasteiger partial charge is 0.497 e. The Bertz CT molecular complexity index is 1360. The lowest BCUT2D eigenvalue weighted by molar-refractivity contribution is 0.0946. The SMILES string of the molecule is COc1ccc(OC)c(-c2cc(C(=O)NCCn3nc(-c4ccc(F)cc4)ccc3=O)[nH]n2)c1. The minimum atomic E-state index is -0.386. The number of rotatable bonds is 8. The first-order valence-electron chi connectivity index (χ1n) is 10.4. The van der Waals surface area contributed by atoms with Gasteiger partial charge in [-0.2, -0.15) is 10.2 Å². The van der Waals surface area contributed by atoms with E-state index in [4.69, 9.17) is 9.47 Å². The Labute approximate surface area is 194 Å². The molecule has 0 spiro atoms. The summed E-state index contributed by atoms with van der Waals surface area (Å²) in [7, 11) is 3.11. The lowest BCUT2D eigenvalue weighted by Crippen LogP contribution is -2.32. The summed E-state index contributed by atoms with van der Waals surface area (Å²) >= 11 is 0. The second-order valence-electron chi connectivity index (χ2n) is 7.28. The van der Waals surface area contributed by atoms with Gasteiger partial charge in [-0.1, -0.05) is 0 Å². The van der Waals surface area contributed by atoms with Crippen molar-refractivity contribution in [1.29, 1.82) is 0 Å². The Morgan fingerprint density at radius 3 is 2.56 bits per heavy atom. The topological polar surface area (TPSA) is 111 Å². The van der Waals surface area contributed by atoms with Crippen molar-refractivity contribution in [3.05, 3.63) is 82.5 Å². The Hall–Kier alpha value is -4.47. The van der Waals surface area contributed by atoms with Crippen molar-refractivity contribution in [2.24, 2.45) is 0 Å². The number of benzene rings is 2. The minimum absolute atomic E-state index is 0.157. The lowest BCUT2D eigenvalue weighted by Gasteiger charge is -2.08. The van der Waals surface area contributed by atoms with E-state index in [1.165, 1.54) is 22.9 Å². The number of hydrogen-bond donors (Lipinski definition) is 2. The van der Waals surface area contributed by atoms with Crippen LogP contribution in [0.4, 0.5) is 4.39 Å². The third kappa shape index (κ3) is 4.96. The van der Waals surface area contributed by atoms with Gasteiger partial charge in [-0.25, -0.2) is 9.07 Å². The van der Waals surface area contributed by atoms with Crippen LogP contribution in [0.25, 0.3) is 22.5 Å². The van der Waals surface area contributed by atoms with Gasteiger partial charge in [0.25, 0.3) is 11.5 Å². The molecule has 10 heteroatoms. The Morgan fingerprint density at radius 1 is 1.03 bits per heavy atom. The highest BCUT2D eigenvalue weighted by atomic mass is 19.1. The summed E-state index contributed by atoms with van der Waals surface area (Å²) in [6.45, 7) is 0.319. The van der Waals surface area contributed by atoms with E-state index >= 15 is 0 Å². The highest BCUT2D eigenvalue weighted by molar-refractivity contribution is 5.93. The predicted molar refractivity (Wildman–Crippen MR) is 123 cm³/mol. The van der Waals surface area contributed by atoms with Crippen molar-refractivity contribution in [3.8, 4) is 34.0 Å². The molecule has 1 amide bonds. The molecule has 0 aliphatic heterocycles. The van der Waals surface area contributed by atoms with Crippen LogP contribution in [-0.2, 0) is 6.54 Å². The van der Waals surface area contributed by atoms with E-state index in [0.717, 1.165) is 0 Å². The van der Waals surface area contributed by atoms with E-state index in [1.807, 2.05) is 0 Å². The fraction of sp³-hybridized carbons (Fsp3) is 0.167. The van der Waals surface area contributed by atoms with Gasteiger partial charge in [0.05, 0.1) is 32.2 Å². The third-order valence-electron chi connectivity index (χ3n) is 5.12. The van der Waals surface area contributed by atoms with Gasteiger partial charge in [0.15, 0.2) is 0 Å². The molecule has 2 N–H and O–H groups in total. The highest BCUT2D eigenvalue weighted by Gasteiger charge is 2.15. The summed E-state index contributed by atoms with van der Waals surface area (Å²) in [6, 6.07) is 15.7. The van der Waals surface area contributed by atoms with Crippen LogP contribution in [-0.4, -0.2) is 46.6 Å². The Kier molecular flexibility index (Phi) is 6.67. The van der Waals surface area contributed by atoms with E-state index < -0.39 is 0 Å². The number of carbonyl (C=O) groups excluding carboxylic acids is 1. The summed E-state index contributed by atoms with van der Waals surface area (Å²) in [5.41, 5.74) is 2.33. The number of halogens is 1. The summed E-state index contributed by atoms with van der Waals surface area (Å²) in [6.07, 6.45) is 0. The predicted octanol–water partition coefficient (Wildman–Crippen LogP) is 2.89. The molecule has 0 atom stereocenters. The fourth-order valence-electron chi connectivity index (χ4n) is 3.34. The Balaban J connectivity index is 1.43. The first-order chi connectivity index (χ1) is 16.5. The number of ether oxygens (including phenoxy) is 2.